The number of benzene rings is 3. The van der Waals surface area contributed by atoms with Crippen LogP contribution >= 0.6 is 11.8 Å². The average Bonchev–Trinajstić information content (AvgIpc) is 3.58. The van der Waals surface area contributed by atoms with Crippen molar-refractivity contribution in [2.24, 2.45) is 0 Å². The SMILES string of the molecule is c1ccc(-n2nnnc2Oc2ccc(CNCCCSc3nnnn3-c3ccccc3)cc2)cc1. The average molecular weight is 486 g/mol. The molecule has 0 bridgehead atoms. The summed E-state index contributed by atoms with van der Waals surface area (Å²) >= 11 is 1.65. The predicted molar refractivity (Wildman–Crippen MR) is 132 cm³/mol. The van der Waals surface area contributed by atoms with E-state index in [1.165, 1.54) is 5.56 Å². The Bertz CT molecular complexity index is 1320. The van der Waals surface area contributed by atoms with E-state index in [4.69, 9.17) is 4.74 Å². The fraction of sp³-hybridized carbons (Fsp3) is 0.167. The second-order valence-corrected chi connectivity index (χ2v) is 8.60. The van der Waals surface area contributed by atoms with Crippen LogP contribution in [0, 0.1) is 0 Å². The van der Waals surface area contributed by atoms with Crippen LogP contribution in [0.1, 0.15) is 12.0 Å². The van der Waals surface area contributed by atoms with Crippen LogP contribution in [0.2, 0.25) is 0 Å². The van der Waals surface area contributed by atoms with Gasteiger partial charge in [0, 0.05) is 12.3 Å². The molecular weight excluding hydrogens is 462 g/mol. The first-order chi connectivity index (χ1) is 17.4. The van der Waals surface area contributed by atoms with Gasteiger partial charge in [-0.15, -0.1) is 5.10 Å². The highest BCUT2D eigenvalue weighted by atomic mass is 32.2. The Labute approximate surface area is 206 Å². The van der Waals surface area contributed by atoms with Gasteiger partial charge in [-0.2, -0.15) is 9.36 Å². The molecular formula is C24H23N9OS. The zero-order valence-corrected chi connectivity index (χ0v) is 19.6. The van der Waals surface area contributed by atoms with Crippen LogP contribution in [0.25, 0.3) is 11.4 Å². The molecule has 2 aromatic heterocycles. The minimum atomic E-state index is 0.317. The van der Waals surface area contributed by atoms with Gasteiger partial charge in [-0.3, -0.25) is 0 Å². The number of para-hydroxylation sites is 2. The van der Waals surface area contributed by atoms with Crippen molar-refractivity contribution in [2.75, 3.05) is 12.3 Å². The zero-order chi connectivity index (χ0) is 23.7. The van der Waals surface area contributed by atoms with Gasteiger partial charge in [0.05, 0.1) is 11.4 Å². The van der Waals surface area contributed by atoms with Gasteiger partial charge in [-0.25, -0.2) is 0 Å². The van der Waals surface area contributed by atoms with E-state index in [2.05, 4.69) is 36.4 Å². The molecule has 0 unspecified atom stereocenters. The van der Waals surface area contributed by atoms with Gasteiger partial charge in [0.25, 0.3) is 0 Å². The highest BCUT2D eigenvalue weighted by Gasteiger charge is 2.11. The summed E-state index contributed by atoms with van der Waals surface area (Å²) in [5.74, 6) is 1.59. The van der Waals surface area contributed by atoms with Crippen LogP contribution in [0.5, 0.6) is 11.8 Å². The molecule has 0 aliphatic carbocycles. The van der Waals surface area contributed by atoms with E-state index in [-0.39, 0.29) is 0 Å². The maximum atomic E-state index is 5.88. The Morgan fingerprint density at radius 3 is 2.14 bits per heavy atom. The van der Waals surface area contributed by atoms with Gasteiger partial charge in [0.1, 0.15) is 5.75 Å². The topological polar surface area (TPSA) is 108 Å². The number of ether oxygens (including phenoxy) is 1. The number of tetrazole rings is 2. The third-order valence-corrected chi connectivity index (χ3v) is 6.08. The molecule has 0 atom stereocenters. The van der Waals surface area contributed by atoms with Gasteiger partial charge in [-0.05, 0) is 75.8 Å². The van der Waals surface area contributed by atoms with Gasteiger partial charge < -0.3 is 10.1 Å². The van der Waals surface area contributed by atoms with Crippen LogP contribution in [0.3, 0.4) is 0 Å². The highest BCUT2D eigenvalue weighted by molar-refractivity contribution is 7.99. The molecule has 35 heavy (non-hydrogen) atoms. The number of nitrogens with one attached hydrogen (secondary N) is 1. The molecule has 5 aromatic rings. The number of hydrogen-bond acceptors (Lipinski definition) is 9. The Morgan fingerprint density at radius 1 is 0.743 bits per heavy atom. The van der Waals surface area contributed by atoms with Crippen molar-refractivity contribution in [1.82, 2.24) is 45.7 Å². The van der Waals surface area contributed by atoms with Crippen molar-refractivity contribution in [1.29, 1.82) is 0 Å². The van der Waals surface area contributed by atoms with E-state index < -0.39 is 0 Å². The van der Waals surface area contributed by atoms with Crippen LogP contribution < -0.4 is 10.1 Å². The monoisotopic (exact) mass is 485 g/mol. The molecule has 2 heterocycles. The molecule has 176 valence electrons. The van der Waals surface area contributed by atoms with E-state index >= 15 is 0 Å². The van der Waals surface area contributed by atoms with Gasteiger partial charge in [-0.1, -0.05) is 65.4 Å². The van der Waals surface area contributed by atoms with E-state index in [1.54, 1.807) is 21.1 Å². The van der Waals surface area contributed by atoms with Gasteiger partial charge in [0.2, 0.25) is 5.16 Å². The fourth-order valence-electron chi connectivity index (χ4n) is 3.35. The molecule has 11 heteroatoms. The first-order valence-electron chi connectivity index (χ1n) is 11.1. The first-order valence-corrected chi connectivity index (χ1v) is 12.1. The number of nitrogens with zero attached hydrogens (tertiary/aromatic N) is 8. The maximum absolute atomic E-state index is 5.88. The van der Waals surface area contributed by atoms with E-state index in [9.17, 15) is 0 Å². The summed E-state index contributed by atoms with van der Waals surface area (Å²) in [4.78, 5) is 0. The molecule has 0 saturated carbocycles. The summed E-state index contributed by atoms with van der Waals surface area (Å²) in [5.41, 5.74) is 2.96. The van der Waals surface area contributed by atoms with Crippen molar-refractivity contribution in [3.05, 3.63) is 90.5 Å². The van der Waals surface area contributed by atoms with Crippen molar-refractivity contribution in [2.45, 2.75) is 18.1 Å². The van der Waals surface area contributed by atoms with Gasteiger partial charge >= 0.3 is 6.01 Å². The third-order valence-electron chi connectivity index (χ3n) is 5.07. The Hall–Kier alpha value is -4.09. The summed E-state index contributed by atoms with van der Waals surface area (Å²) in [6.07, 6.45) is 0.996. The third kappa shape index (κ3) is 5.89. The van der Waals surface area contributed by atoms with Crippen LogP contribution in [0.4, 0.5) is 0 Å². The minimum Gasteiger partial charge on any atom is -0.423 e. The Balaban J connectivity index is 1.05. The van der Waals surface area contributed by atoms with E-state index in [0.29, 0.717) is 11.8 Å². The lowest BCUT2D eigenvalue weighted by Crippen LogP contribution is -2.15. The van der Waals surface area contributed by atoms with E-state index in [0.717, 1.165) is 41.8 Å². The summed E-state index contributed by atoms with van der Waals surface area (Å²) < 4.78 is 9.20. The number of thioether (sulfide) groups is 1. The first kappa shape index (κ1) is 22.7. The van der Waals surface area contributed by atoms with Gasteiger partial charge in [0.15, 0.2) is 0 Å². The second kappa shape index (κ2) is 11.4. The van der Waals surface area contributed by atoms with Crippen molar-refractivity contribution in [3.8, 4) is 23.1 Å². The standard InChI is InChI=1S/C24H23N9OS/c1-3-8-20(9-4-1)32-23(26-28-30-32)34-22-14-12-19(13-15-22)18-25-16-7-17-35-24-27-29-31-33(24)21-10-5-2-6-11-21/h1-6,8-15,25H,7,16-18H2. The van der Waals surface area contributed by atoms with Crippen molar-refractivity contribution >= 4 is 11.8 Å². The smallest absolute Gasteiger partial charge is 0.345 e. The molecule has 0 aliphatic rings. The fourth-order valence-corrected chi connectivity index (χ4v) is 4.18. The number of aromatic nitrogens is 8. The summed E-state index contributed by atoms with van der Waals surface area (Å²) in [7, 11) is 0. The Kier molecular flexibility index (Phi) is 7.36. The normalized spacial score (nSPS) is 11.0. The largest absolute Gasteiger partial charge is 0.423 e. The lowest BCUT2D eigenvalue weighted by molar-refractivity contribution is 0.427. The molecule has 0 fully saturated rings. The summed E-state index contributed by atoms with van der Waals surface area (Å²) in [5, 5.41) is 28.0. The molecule has 0 spiro atoms. The summed E-state index contributed by atoms with van der Waals surface area (Å²) in [6.45, 7) is 1.67. The van der Waals surface area contributed by atoms with Crippen LogP contribution in [0.15, 0.2) is 90.1 Å². The Morgan fingerprint density at radius 2 is 1.40 bits per heavy atom. The van der Waals surface area contributed by atoms with Crippen molar-refractivity contribution < 1.29 is 4.74 Å². The predicted octanol–water partition coefficient (Wildman–Crippen LogP) is 3.70. The molecule has 0 aliphatic heterocycles. The molecule has 0 radical (unpaired) electrons. The maximum Gasteiger partial charge on any atom is 0.345 e. The lowest BCUT2D eigenvalue weighted by Gasteiger charge is -2.08. The molecule has 0 saturated heterocycles. The second-order valence-electron chi connectivity index (χ2n) is 7.54. The lowest BCUT2D eigenvalue weighted by atomic mass is 10.2. The highest BCUT2D eigenvalue weighted by Crippen LogP contribution is 2.22. The van der Waals surface area contributed by atoms with Crippen molar-refractivity contribution in [3.63, 3.8) is 0 Å². The molecule has 10 nitrogen and oxygen atoms in total. The quantitative estimate of drug-likeness (QED) is 0.221. The van der Waals surface area contributed by atoms with Crippen LogP contribution in [-0.4, -0.2) is 52.7 Å². The van der Waals surface area contributed by atoms with Crippen LogP contribution in [-0.2, 0) is 6.54 Å². The zero-order valence-electron chi connectivity index (χ0n) is 18.8. The number of rotatable bonds is 11. The minimum absolute atomic E-state index is 0.317. The van der Waals surface area contributed by atoms with E-state index in [1.807, 2.05) is 84.9 Å². The molecule has 3 aromatic carbocycles. The molecule has 0 amide bonds. The number of hydrogen-bond donors (Lipinski definition) is 1. The molecule has 1 N–H and O–H groups in total. The summed E-state index contributed by atoms with van der Waals surface area (Å²) in [6, 6.07) is 27.7. The molecule has 5 rings (SSSR count).